The summed E-state index contributed by atoms with van der Waals surface area (Å²) in [4.78, 5) is 0. The van der Waals surface area contributed by atoms with Crippen LogP contribution in [0, 0.1) is 5.82 Å². The number of fused-ring (bicyclic) bond motifs is 1. The molecule has 20 heavy (non-hydrogen) atoms. The molecule has 0 amide bonds. The Hall–Kier alpha value is -0.960. The minimum absolute atomic E-state index is 0.0110. The van der Waals surface area contributed by atoms with Crippen molar-refractivity contribution >= 4 is 40.5 Å². The first-order chi connectivity index (χ1) is 9.56. The van der Waals surface area contributed by atoms with Gasteiger partial charge < -0.3 is 5.32 Å². The summed E-state index contributed by atoms with van der Waals surface area (Å²) in [5, 5.41) is 4.72. The third kappa shape index (κ3) is 2.48. The van der Waals surface area contributed by atoms with Crippen molar-refractivity contribution in [1.82, 2.24) is 0 Å². The number of halogens is 4. The molecule has 0 fully saturated rings. The van der Waals surface area contributed by atoms with Crippen molar-refractivity contribution in [3.63, 3.8) is 0 Å². The first kappa shape index (κ1) is 14.0. The van der Waals surface area contributed by atoms with Gasteiger partial charge in [0.2, 0.25) is 0 Å². The van der Waals surface area contributed by atoms with Crippen LogP contribution in [0.4, 0.5) is 10.1 Å². The molecule has 3 rings (SSSR count). The lowest BCUT2D eigenvalue weighted by Gasteiger charge is -2.18. The van der Waals surface area contributed by atoms with Gasteiger partial charge in [-0.3, -0.25) is 0 Å². The van der Waals surface area contributed by atoms with E-state index in [0.29, 0.717) is 27.2 Å². The summed E-state index contributed by atoms with van der Waals surface area (Å²) < 4.78 is 13.7. The second kappa shape index (κ2) is 5.44. The normalized spacial score (nSPS) is 17.1. The van der Waals surface area contributed by atoms with Crippen LogP contribution in [0.3, 0.4) is 0 Å². The van der Waals surface area contributed by atoms with Crippen LogP contribution in [0.5, 0.6) is 0 Å². The molecule has 5 heteroatoms. The third-order valence-corrected chi connectivity index (χ3v) is 4.35. The van der Waals surface area contributed by atoms with Gasteiger partial charge in [0.05, 0.1) is 21.8 Å². The van der Waals surface area contributed by atoms with E-state index in [4.69, 9.17) is 34.8 Å². The van der Waals surface area contributed by atoms with Gasteiger partial charge >= 0.3 is 0 Å². The number of anilines is 1. The van der Waals surface area contributed by atoms with Gasteiger partial charge in [-0.05, 0) is 42.2 Å². The average molecular weight is 331 g/mol. The number of benzene rings is 2. The minimum Gasteiger partial charge on any atom is -0.376 e. The van der Waals surface area contributed by atoms with Crippen LogP contribution >= 0.6 is 34.8 Å². The summed E-state index contributed by atoms with van der Waals surface area (Å²) in [5.41, 5.74) is 2.37. The molecule has 0 spiro atoms. The Morgan fingerprint density at radius 3 is 2.50 bits per heavy atom. The average Bonchev–Trinajstić information content (AvgIpc) is 2.78. The van der Waals surface area contributed by atoms with Gasteiger partial charge in [-0.15, -0.1) is 0 Å². The lowest BCUT2D eigenvalue weighted by Crippen LogP contribution is -2.08. The fourth-order valence-electron chi connectivity index (χ4n) is 2.61. The predicted octanol–water partition coefficient (Wildman–Crippen LogP) is 5.89. The summed E-state index contributed by atoms with van der Waals surface area (Å²) in [7, 11) is 0. The molecule has 0 saturated heterocycles. The number of nitrogens with one attached hydrogen (secondary N) is 1. The van der Waals surface area contributed by atoms with E-state index in [1.165, 1.54) is 6.07 Å². The maximum Gasteiger partial charge on any atom is 0.126 e. The third-order valence-electron chi connectivity index (χ3n) is 3.54. The molecule has 2 aromatic rings. The molecular formula is C15H11Cl3FN. The molecule has 1 atom stereocenters. The van der Waals surface area contributed by atoms with Gasteiger partial charge in [0, 0.05) is 5.02 Å². The topological polar surface area (TPSA) is 12.0 Å². The highest BCUT2D eigenvalue weighted by atomic mass is 35.5. The Morgan fingerprint density at radius 1 is 1.10 bits per heavy atom. The predicted molar refractivity (Wildman–Crippen MR) is 82.6 cm³/mol. The van der Waals surface area contributed by atoms with Crippen molar-refractivity contribution in [2.75, 3.05) is 5.32 Å². The Kier molecular flexibility index (Phi) is 3.80. The molecule has 0 saturated carbocycles. The molecule has 2 aromatic carbocycles. The Labute approximate surface area is 131 Å². The van der Waals surface area contributed by atoms with Crippen LogP contribution in [-0.2, 0) is 6.42 Å². The van der Waals surface area contributed by atoms with Gasteiger partial charge in [0.25, 0.3) is 0 Å². The highest BCUT2D eigenvalue weighted by molar-refractivity contribution is 6.41. The molecule has 104 valence electrons. The van der Waals surface area contributed by atoms with Crippen LogP contribution in [0.2, 0.25) is 15.1 Å². The van der Waals surface area contributed by atoms with E-state index in [-0.39, 0.29) is 11.9 Å². The van der Waals surface area contributed by atoms with E-state index >= 15 is 0 Å². The SMILES string of the molecule is Fc1cccc2c1CCC2Nc1c(Cl)cc(Cl)cc1Cl. The maximum absolute atomic E-state index is 13.7. The smallest absolute Gasteiger partial charge is 0.126 e. The first-order valence-corrected chi connectivity index (χ1v) is 7.38. The molecule has 0 aromatic heterocycles. The summed E-state index contributed by atoms with van der Waals surface area (Å²) in [5.74, 6) is -0.153. The second-order valence-electron chi connectivity index (χ2n) is 4.79. The molecule has 0 radical (unpaired) electrons. The molecule has 0 heterocycles. The van der Waals surface area contributed by atoms with E-state index in [1.54, 1.807) is 18.2 Å². The molecule has 1 nitrogen and oxygen atoms in total. The van der Waals surface area contributed by atoms with Gasteiger partial charge in [0.15, 0.2) is 0 Å². The van der Waals surface area contributed by atoms with Crippen molar-refractivity contribution in [1.29, 1.82) is 0 Å². The van der Waals surface area contributed by atoms with E-state index in [2.05, 4.69) is 5.32 Å². The fraction of sp³-hybridized carbons (Fsp3) is 0.200. The van der Waals surface area contributed by atoms with Crippen LogP contribution in [0.15, 0.2) is 30.3 Å². The van der Waals surface area contributed by atoms with Gasteiger partial charge in [-0.1, -0.05) is 46.9 Å². The van der Waals surface area contributed by atoms with E-state index in [0.717, 1.165) is 17.5 Å². The summed E-state index contributed by atoms with van der Waals surface area (Å²) in [6.45, 7) is 0. The van der Waals surface area contributed by atoms with Gasteiger partial charge in [-0.25, -0.2) is 4.39 Å². The van der Waals surface area contributed by atoms with Crippen molar-refractivity contribution < 1.29 is 4.39 Å². The quantitative estimate of drug-likeness (QED) is 0.724. The number of hydrogen-bond acceptors (Lipinski definition) is 1. The molecule has 0 aliphatic heterocycles. The zero-order valence-corrected chi connectivity index (χ0v) is 12.7. The van der Waals surface area contributed by atoms with E-state index < -0.39 is 0 Å². The lowest BCUT2D eigenvalue weighted by atomic mass is 10.1. The van der Waals surface area contributed by atoms with Crippen molar-refractivity contribution in [3.05, 3.63) is 62.3 Å². The molecule has 0 bridgehead atoms. The molecule has 1 unspecified atom stereocenters. The highest BCUT2D eigenvalue weighted by Crippen LogP contribution is 2.40. The molecule has 1 aliphatic carbocycles. The van der Waals surface area contributed by atoms with Gasteiger partial charge in [0.1, 0.15) is 5.82 Å². The Morgan fingerprint density at radius 2 is 1.80 bits per heavy atom. The van der Waals surface area contributed by atoms with Crippen molar-refractivity contribution in [2.24, 2.45) is 0 Å². The first-order valence-electron chi connectivity index (χ1n) is 6.24. The number of hydrogen-bond donors (Lipinski definition) is 1. The van der Waals surface area contributed by atoms with Crippen LogP contribution in [-0.4, -0.2) is 0 Å². The highest BCUT2D eigenvalue weighted by Gasteiger charge is 2.25. The van der Waals surface area contributed by atoms with Crippen LogP contribution in [0.1, 0.15) is 23.6 Å². The van der Waals surface area contributed by atoms with Gasteiger partial charge in [-0.2, -0.15) is 0 Å². The fourth-order valence-corrected chi connectivity index (χ4v) is 3.54. The van der Waals surface area contributed by atoms with Crippen LogP contribution in [0.25, 0.3) is 0 Å². The van der Waals surface area contributed by atoms with Crippen LogP contribution < -0.4 is 5.32 Å². The largest absolute Gasteiger partial charge is 0.376 e. The second-order valence-corrected chi connectivity index (χ2v) is 6.04. The zero-order chi connectivity index (χ0) is 14.3. The zero-order valence-electron chi connectivity index (χ0n) is 10.4. The lowest BCUT2D eigenvalue weighted by molar-refractivity contribution is 0.612. The Balaban J connectivity index is 1.94. The maximum atomic E-state index is 13.7. The molecule has 1 aliphatic rings. The minimum atomic E-state index is -0.153. The standard InChI is InChI=1S/C15H11Cl3FN/c16-8-6-11(17)15(12(18)7-8)20-14-5-4-9-10(14)2-1-3-13(9)19/h1-3,6-7,14,20H,4-5H2. The molecule has 1 N–H and O–H groups in total. The Bertz CT molecular complexity index is 649. The van der Waals surface area contributed by atoms with E-state index in [1.807, 2.05) is 6.07 Å². The summed E-state index contributed by atoms with van der Waals surface area (Å²) in [6.07, 6.45) is 1.52. The van der Waals surface area contributed by atoms with Crippen molar-refractivity contribution in [2.45, 2.75) is 18.9 Å². The van der Waals surface area contributed by atoms with E-state index in [9.17, 15) is 4.39 Å². The molecular weight excluding hydrogens is 320 g/mol. The van der Waals surface area contributed by atoms with Crippen molar-refractivity contribution in [3.8, 4) is 0 Å². The summed E-state index contributed by atoms with van der Waals surface area (Å²) in [6, 6.07) is 8.43. The monoisotopic (exact) mass is 329 g/mol. The summed E-state index contributed by atoms with van der Waals surface area (Å²) >= 11 is 18.2. The number of rotatable bonds is 2.